The van der Waals surface area contributed by atoms with Gasteiger partial charge in [0.15, 0.2) is 0 Å². The zero-order valence-corrected chi connectivity index (χ0v) is 17.4. The average Bonchev–Trinajstić information content (AvgIpc) is 3.10. The Kier molecular flexibility index (Phi) is 5.81. The summed E-state index contributed by atoms with van der Waals surface area (Å²) in [4.78, 5) is 23.1. The Morgan fingerprint density at radius 3 is 2.59 bits per heavy atom. The van der Waals surface area contributed by atoms with Crippen molar-refractivity contribution < 1.29 is 4.79 Å². The Hall–Kier alpha value is -1.43. The first-order valence-electron chi connectivity index (χ1n) is 9.88. The van der Waals surface area contributed by atoms with Crippen LogP contribution in [0.4, 0.5) is 0 Å². The molecule has 144 valence electrons. The van der Waals surface area contributed by atoms with Gasteiger partial charge in [-0.1, -0.05) is 30.2 Å². The minimum Gasteiger partial charge on any atom is -0.338 e. The summed E-state index contributed by atoms with van der Waals surface area (Å²) in [5.74, 6) is 0.135. The number of aryl methyl sites for hydroxylation is 1. The third-order valence-corrected chi connectivity index (χ3v) is 7.15. The van der Waals surface area contributed by atoms with Gasteiger partial charge in [0.1, 0.15) is 9.88 Å². The Balaban J connectivity index is 1.43. The molecule has 0 radical (unpaired) electrons. The summed E-state index contributed by atoms with van der Waals surface area (Å²) < 4.78 is 0. The molecule has 3 heterocycles. The van der Waals surface area contributed by atoms with Gasteiger partial charge in [-0.3, -0.25) is 4.79 Å². The third kappa shape index (κ3) is 4.20. The third-order valence-electron chi connectivity index (χ3n) is 5.72. The molecule has 2 aliphatic rings. The number of rotatable bonds is 3. The van der Waals surface area contributed by atoms with E-state index in [0.29, 0.717) is 11.1 Å². The molecule has 1 amide bonds. The van der Waals surface area contributed by atoms with Crippen LogP contribution in [0.5, 0.6) is 0 Å². The number of carbonyl (C=O) groups is 1. The van der Waals surface area contributed by atoms with Crippen LogP contribution < -0.4 is 0 Å². The molecule has 2 fully saturated rings. The lowest BCUT2D eigenvalue weighted by Crippen LogP contribution is -2.48. The average molecular weight is 404 g/mol. The van der Waals surface area contributed by atoms with Crippen LogP contribution in [0.3, 0.4) is 0 Å². The van der Waals surface area contributed by atoms with Gasteiger partial charge < -0.3 is 9.80 Å². The van der Waals surface area contributed by atoms with Crippen molar-refractivity contribution in [1.82, 2.24) is 14.8 Å². The highest BCUT2D eigenvalue weighted by Gasteiger charge is 2.29. The van der Waals surface area contributed by atoms with E-state index in [1.54, 1.807) is 0 Å². The minimum absolute atomic E-state index is 0.135. The van der Waals surface area contributed by atoms with Gasteiger partial charge in [-0.05, 0) is 57.8 Å². The van der Waals surface area contributed by atoms with E-state index in [-0.39, 0.29) is 5.91 Å². The molecule has 1 aromatic heterocycles. The number of hydrogen-bond acceptors (Lipinski definition) is 4. The predicted octanol–water partition coefficient (Wildman–Crippen LogP) is 4.86. The molecule has 2 saturated heterocycles. The first-order valence-corrected chi connectivity index (χ1v) is 11.1. The van der Waals surface area contributed by atoms with Crippen molar-refractivity contribution in [2.75, 3.05) is 26.2 Å². The number of aromatic nitrogens is 1. The largest absolute Gasteiger partial charge is 0.338 e. The summed E-state index contributed by atoms with van der Waals surface area (Å²) in [5, 5.41) is 1.55. The number of halogens is 1. The van der Waals surface area contributed by atoms with Gasteiger partial charge in [0.05, 0.1) is 5.69 Å². The van der Waals surface area contributed by atoms with Crippen molar-refractivity contribution in [3.05, 3.63) is 39.9 Å². The van der Waals surface area contributed by atoms with E-state index in [9.17, 15) is 4.79 Å². The van der Waals surface area contributed by atoms with E-state index in [1.165, 1.54) is 43.7 Å². The highest BCUT2D eigenvalue weighted by atomic mass is 35.5. The van der Waals surface area contributed by atoms with Crippen LogP contribution in [-0.2, 0) is 0 Å². The van der Waals surface area contributed by atoms with Gasteiger partial charge in [0, 0.05) is 29.7 Å². The smallest absolute Gasteiger partial charge is 0.265 e. The fourth-order valence-corrected chi connectivity index (χ4v) is 5.42. The molecule has 27 heavy (non-hydrogen) atoms. The zero-order valence-electron chi connectivity index (χ0n) is 15.8. The SMILES string of the molecule is Cc1nc(-c2cccc(Cl)c2)sc1C(=O)N1CCC(N2CCCCC2)CC1. The standard InChI is InChI=1S/C21H26ClN3OS/c1-15-19(27-20(23-15)16-6-5-7-17(22)14-16)21(26)25-12-8-18(9-13-25)24-10-3-2-4-11-24/h5-7,14,18H,2-4,8-13H2,1H3. The van der Waals surface area contributed by atoms with Crippen molar-refractivity contribution in [2.45, 2.75) is 45.1 Å². The zero-order chi connectivity index (χ0) is 18.8. The summed E-state index contributed by atoms with van der Waals surface area (Å²) in [5.41, 5.74) is 1.79. The number of likely N-dealkylation sites (tertiary alicyclic amines) is 2. The summed E-state index contributed by atoms with van der Waals surface area (Å²) in [6.07, 6.45) is 6.19. The molecule has 0 saturated carbocycles. The summed E-state index contributed by atoms with van der Waals surface area (Å²) in [6, 6.07) is 8.31. The molecule has 0 unspecified atom stereocenters. The van der Waals surface area contributed by atoms with Crippen molar-refractivity contribution in [1.29, 1.82) is 0 Å². The van der Waals surface area contributed by atoms with Gasteiger partial charge in [0.2, 0.25) is 0 Å². The second kappa shape index (κ2) is 8.29. The van der Waals surface area contributed by atoms with E-state index >= 15 is 0 Å². The van der Waals surface area contributed by atoms with E-state index in [1.807, 2.05) is 36.1 Å². The number of hydrogen-bond donors (Lipinski definition) is 0. The first kappa shape index (κ1) is 18.9. The first-order chi connectivity index (χ1) is 13.1. The lowest BCUT2D eigenvalue weighted by Gasteiger charge is -2.40. The fraction of sp³-hybridized carbons (Fsp3) is 0.524. The maximum atomic E-state index is 13.1. The van der Waals surface area contributed by atoms with Gasteiger partial charge >= 0.3 is 0 Å². The highest BCUT2D eigenvalue weighted by molar-refractivity contribution is 7.17. The summed E-state index contributed by atoms with van der Waals surface area (Å²) in [7, 11) is 0. The number of piperidine rings is 2. The van der Waals surface area contributed by atoms with Gasteiger partial charge in [-0.2, -0.15) is 0 Å². The molecular weight excluding hydrogens is 378 g/mol. The van der Waals surface area contributed by atoms with Gasteiger partial charge in [-0.15, -0.1) is 11.3 Å². The lowest BCUT2D eigenvalue weighted by molar-refractivity contribution is 0.0593. The van der Waals surface area contributed by atoms with Gasteiger partial charge in [0.25, 0.3) is 5.91 Å². The minimum atomic E-state index is 0.135. The van der Waals surface area contributed by atoms with Crippen molar-refractivity contribution in [3.63, 3.8) is 0 Å². The molecule has 0 atom stereocenters. The van der Waals surface area contributed by atoms with Crippen LogP contribution >= 0.6 is 22.9 Å². The topological polar surface area (TPSA) is 36.4 Å². The highest BCUT2D eigenvalue weighted by Crippen LogP contribution is 2.31. The van der Waals surface area contributed by atoms with Crippen LogP contribution in [0.1, 0.15) is 47.5 Å². The van der Waals surface area contributed by atoms with Crippen molar-refractivity contribution in [2.24, 2.45) is 0 Å². The number of thiazole rings is 1. The summed E-state index contributed by atoms with van der Waals surface area (Å²) in [6.45, 7) is 6.09. The number of nitrogens with zero attached hydrogens (tertiary/aromatic N) is 3. The Bertz CT molecular complexity index is 808. The normalized spacial score (nSPS) is 19.4. The van der Waals surface area contributed by atoms with Crippen LogP contribution in [0, 0.1) is 6.92 Å². The number of benzene rings is 1. The molecule has 0 aliphatic carbocycles. The molecule has 0 N–H and O–H groups in total. The molecule has 4 nitrogen and oxygen atoms in total. The van der Waals surface area contributed by atoms with E-state index < -0.39 is 0 Å². The number of amides is 1. The van der Waals surface area contributed by atoms with Gasteiger partial charge in [-0.25, -0.2) is 4.98 Å². The van der Waals surface area contributed by atoms with E-state index in [4.69, 9.17) is 11.6 Å². The second-order valence-corrected chi connectivity index (χ2v) is 9.00. The molecule has 6 heteroatoms. The van der Waals surface area contributed by atoms with E-state index in [0.717, 1.165) is 47.1 Å². The van der Waals surface area contributed by atoms with Crippen LogP contribution in [-0.4, -0.2) is 52.9 Å². The van der Waals surface area contributed by atoms with Crippen molar-refractivity contribution in [3.8, 4) is 10.6 Å². The number of carbonyl (C=O) groups excluding carboxylic acids is 1. The molecule has 4 rings (SSSR count). The molecule has 0 spiro atoms. The molecule has 2 aromatic rings. The fourth-order valence-electron chi connectivity index (χ4n) is 4.20. The van der Waals surface area contributed by atoms with Crippen LogP contribution in [0.25, 0.3) is 10.6 Å². The monoisotopic (exact) mass is 403 g/mol. The van der Waals surface area contributed by atoms with Crippen LogP contribution in [0.15, 0.2) is 24.3 Å². The van der Waals surface area contributed by atoms with Crippen LogP contribution in [0.2, 0.25) is 5.02 Å². The molecular formula is C21H26ClN3OS. The maximum absolute atomic E-state index is 13.1. The lowest BCUT2D eigenvalue weighted by atomic mass is 10.00. The Morgan fingerprint density at radius 1 is 1.15 bits per heavy atom. The Labute approximate surface area is 170 Å². The predicted molar refractivity (Wildman–Crippen MR) is 112 cm³/mol. The second-order valence-electron chi connectivity index (χ2n) is 7.56. The van der Waals surface area contributed by atoms with Crippen molar-refractivity contribution >= 4 is 28.8 Å². The Morgan fingerprint density at radius 2 is 1.89 bits per heavy atom. The quantitative estimate of drug-likeness (QED) is 0.734. The molecule has 1 aromatic carbocycles. The molecule has 2 aliphatic heterocycles. The van der Waals surface area contributed by atoms with E-state index in [2.05, 4.69) is 9.88 Å². The summed E-state index contributed by atoms with van der Waals surface area (Å²) >= 11 is 7.58. The maximum Gasteiger partial charge on any atom is 0.265 e. The molecule has 0 bridgehead atoms.